The van der Waals surface area contributed by atoms with Gasteiger partial charge >= 0.3 is 29.6 Å². The van der Waals surface area contributed by atoms with Gasteiger partial charge in [0, 0.05) is 38.8 Å². The number of piperidine rings is 2. The summed E-state index contributed by atoms with van der Waals surface area (Å²) in [5.74, 6) is -0.568. The first-order chi connectivity index (χ1) is 12.6. The van der Waals surface area contributed by atoms with Crippen molar-refractivity contribution in [2.75, 3.05) is 31.2 Å². The van der Waals surface area contributed by atoms with Gasteiger partial charge in [-0.1, -0.05) is 5.69 Å². The van der Waals surface area contributed by atoms with Crippen LogP contribution in [0.2, 0.25) is 0 Å². The van der Waals surface area contributed by atoms with Crippen LogP contribution in [0.4, 0.5) is 5.69 Å². The molecule has 142 valence electrons. The Hall–Kier alpha value is -0.920. The maximum atomic E-state index is 10.3. The van der Waals surface area contributed by atoms with Crippen LogP contribution in [0, 0.1) is 13.0 Å². The third-order valence-electron chi connectivity index (χ3n) is 4.93. The molecule has 1 aromatic carbocycles. The molecule has 3 fully saturated rings. The zero-order chi connectivity index (χ0) is 18.4. The van der Waals surface area contributed by atoms with E-state index in [0.29, 0.717) is 19.3 Å². The first kappa shape index (κ1) is 22.4. The van der Waals surface area contributed by atoms with Gasteiger partial charge in [0.25, 0.3) is 0 Å². The van der Waals surface area contributed by atoms with Crippen LogP contribution >= 0.6 is 0 Å². The predicted octanol–water partition coefficient (Wildman–Crippen LogP) is -0.976. The van der Waals surface area contributed by atoms with Crippen LogP contribution in [-0.4, -0.2) is 43.9 Å². The van der Waals surface area contributed by atoms with Crippen LogP contribution < -0.4 is 39.8 Å². The smallest absolute Gasteiger partial charge is 0.423 e. The molecule has 1 aromatic rings. The van der Waals surface area contributed by atoms with Gasteiger partial charge in [-0.25, -0.2) is 0 Å². The summed E-state index contributed by atoms with van der Waals surface area (Å²) in [5.41, 5.74) is 2.46. The number of nitrogens with one attached hydrogen (secondary N) is 1. The Morgan fingerprint density at radius 1 is 1.15 bits per heavy atom. The Morgan fingerprint density at radius 3 is 2.30 bits per heavy atom. The maximum absolute atomic E-state index is 10.3. The van der Waals surface area contributed by atoms with E-state index < -0.39 is 0 Å². The van der Waals surface area contributed by atoms with Crippen molar-refractivity contribution in [2.45, 2.75) is 44.3 Å². The monoisotopic (exact) mass is 381 g/mol. The van der Waals surface area contributed by atoms with Crippen molar-refractivity contribution < 1.29 is 48.6 Å². The number of hydrogen-bond donors (Lipinski definition) is 1. The second-order valence-corrected chi connectivity index (χ2v) is 6.70. The Morgan fingerprint density at radius 2 is 1.78 bits per heavy atom. The number of rotatable bonds is 2. The van der Waals surface area contributed by atoms with Crippen LogP contribution in [0.1, 0.15) is 37.7 Å². The Kier molecular flexibility index (Phi) is 8.76. The third kappa shape index (κ3) is 6.03. The summed E-state index contributed by atoms with van der Waals surface area (Å²) >= 11 is 0. The molecule has 0 radical (unpaired) electrons. The number of amides is 2. The van der Waals surface area contributed by atoms with Crippen molar-refractivity contribution in [3.8, 4) is 0 Å². The molecule has 6 nitrogen and oxygen atoms in total. The molecular formula is C20H26N2NaO4-. The van der Waals surface area contributed by atoms with Crippen molar-refractivity contribution >= 4 is 17.5 Å². The molecule has 0 aromatic heterocycles. The first-order valence-corrected chi connectivity index (χ1v) is 9.26. The molecule has 0 aliphatic carbocycles. The standard InChI is InChI=1S/C15H19NO2.C5H7NO2.Na/c1-2-13-5-3-4-6-14(13)16-9-7-15(8-10-16)17-11-12-18-15;7-4-2-1-3-5(8)6-4;/h3-4,6H,1-2,7-12H2;1-3H2,(H,6,7,8);/q-2;;+1. The molecular weight excluding hydrogens is 355 g/mol. The minimum absolute atomic E-state index is 0. The largest absolute Gasteiger partial charge is 1.00 e. The molecule has 1 N–H and O–H groups in total. The number of ether oxygens (including phenoxy) is 2. The number of anilines is 1. The van der Waals surface area contributed by atoms with Crippen molar-refractivity contribution in [3.63, 3.8) is 0 Å². The molecule has 0 saturated carbocycles. The van der Waals surface area contributed by atoms with E-state index in [1.165, 1.54) is 11.3 Å². The fourth-order valence-corrected chi connectivity index (χ4v) is 3.52. The second-order valence-electron chi connectivity index (χ2n) is 6.70. The molecule has 1 spiro atoms. The van der Waals surface area contributed by atoms with E-state index in [2.05, 4.69) is 29.3 Å². The SMILES string of the molecule is O=C1CCCC(=O)N1.[CH2-]Cc1[c-]cccc1N1CCC2(CC1)OCCO2.[Na+]. The number of benzene rings is 1. The van der Waals surface area contributed by atoms with Crippen molar-refractivity contribution in [3.05, 3.63) is 36.8 Å². The van der Waals surface area contributed by atoms with Crippen molar-refractivity contribution in [1.82, 2.24) is 5.32 Å². The summed E-state index contributed by atoms with van der Waals surface area (Å²) in [5, 5.41) is 2.20. The molecule has 7 heteroatoms. The Balaban J connectivity index is 0.000000247. The summed E-state index contributed by atoms with van der Waals surface area (Å²) in [4.78, 5) is 23.1. The molecule has 3 saturated heterocycles. The maximum Gasteiger partial charge on any atom is 1.00 e. The van der Waals surface area contributed by atoms with Crippen LogP contribution in [0.3, 0.4) is 0 Å². The quantitative estimate of drug-likeness (QED) is 0.405. The van der Waals surface area contributed by atoms with Gasteiger partial charge < -0.3 is 21.3 Å². The summed E-state index contributed by atoms with van der Waals surface area (Å²) in [6.45, 7) is 7.41. The molecule has 0 atom stereocenters. The van der Waals surface area contributed by atoms with Gasteiger partial charge in [0.2, 0.25) is 11.8 Å². The number of hydrogen-bond acceptors (Lipinski definition) is 5. The van der Waals surface area contributed by atoms with Gasteiger partial charge in [-0.15, -0.1) is 6.07 Å². The molecule has 2 amide bonds. The van der Waals surface area contributed by atoms with Crippen molar-refractivity contribution in [2.24, 2.45) is 0 Å². The molecule has 3 heterocycles. The van der Waals surface area contributed by atoms with E-state index in [1.54, 1.807) is 0 Å². The van der Waals surface area contributed by atoms with E-state index in [4.69, 9.17) is 9.47 Å². The normalized spacial score (nSPS) is 21.1. The van der Waals surface area contributed by atoms with Crippen LogP contribution in [0.25, 0.3) is 0 Å². The number of carbonyl (C=O) groups excluding carboxylic acids is 2. The minimum Gasteiger partial charge on any atom is -0.423 e. The van der Waals surface area contributed by atoms with Gasteiger partial charge in [-0.3, -0.25) is 14.9 Å². The number of carbonyl (C=O) groups is 2. The van der Waals surface area contributed by atoms with E-state index in [-0.39, 0.29) is 47.2 Å². The summed E-state index contributed by atoms with van der Waals surface area (Å²) in [7, 11) is 0. The Bertz CT molecular complexity index is 623. The van der Waals surface area contributed by atoms with Gasteiger partial charge in [-0.2, -0.15) is 30.2 Å². The zero-order valence-corrected chi connectivity index (χ0v) is 18.1. The van der Waals surface area contributed by atoms with E-state index >= 15 is 0 Å². The third-order valence-corrected chi connectivity index (χ3v) is 4.93. The summed E-state index contributed by atoms with van der Waals surface area (Å²) in [6.07, 6.45) is 4.39. The van der Waals surface area contributed by atoms with E-state index in [0.717, 1.165) is 45.6 Å². The topological polar surface area (TPSA) is 67.9 Å². The average Bonchev–Trinajstić information content (AvgIpc) is 3.11. The van der Waals surface area contributed by atoms with Gasteiger partial charge in [0.1, 0.15) is 0 Å². The van der Waals surface area contributed by atoms with E-state index in [1.807, 2.05) is 12.1 Å². The van der Waals surface area contributed by atoms with Crippen molar-refractivity contribution in [1.29, 1.82) is 0 Å². The second kappa shape index (κ2) is 10.6. The summed E-state index contributed by atoms with van der Waals surface area (Å²) in [6, 6.07) is 9.44. The fourth-order valence-electron chi connectivity index (χ4n) is 3.52. The number of nitrogens with zero attached hydrogens (tertiary/aromatic N) is 1. The minimum atomic E-state index is -0.292. The first-order valence-electron chi connectivity index (χ1n) is 9.26. The van der Waals surface area contributed by atoms with Gasteiger partial charge in [0.05, 0.1) is 13.2 Å². The predicted molar refractivity (Wildman–Crippen MR) is 97.4 cm³/mol. The number of imide groups is 1. The molecule has 3 aliphatic rings. The van der Waals surface area contributed by atoms with Crippen LogP contribution in [0.5, 0.6) is 0 Å². The van der Waals surface area contributed by atoms with E-state index in [9.17, 15) is 9.59 Å². The van der Waals surface area contributed by atoms with Crippen LogP contribution in [-0.2, 0) is 25.5 Å². The Labute approximate surface area is 183 Å². The van der Waals surface area contributed by atoms with Crippen LogP contribution in [0.15, 0.2) is 18.2 Å². The van der Waals surface area contributed by atoms with Gasteiger partial charge in [0.15, 0.2) is 5.79 Å². The molecule has 0 unspecified atom stereocenters. The van der Waals surface area contributed by atoms with Gasteiger partial charge in [-0.05, 0) is 6.42 Å². The molecule has 27 heavy (non-hydrogen) atoms. The fraction of sp³-hybridized carbons (Fsp3) is 0.550. The molecule has 0 bridgehead atoms. The molecule has 4 rings (SSSR count). The average molecular weight is 381 g/mol. The molecule has 3 aliphatic heterocycles. The summed E-state index contributed by atoms with van der Waals surface area (Å²) < 4.78 is 11.5. The zero-order valence-electron chi connectivity index (χ0n) is 16.1.